The summed E-state index contributed by atoms with van der Waals surface area (Å²) in [6, 6.07) is 16.3. The second kappa shape index (κ2) is 8.39. The Balaban J connectivity index is 1.66. The zero-order valence-corrected chi connectivity index (χ0v) is 15.8. The maximum atomic E-state index is 12.4. The molecule has 0 saturated heterocycles. The summed E-state index contributed by atoms with van der Waals surface area (Å²) in [5.74, 6) is 0.128. The van der Waals surface area contributed by atoms with Crippen LogP contribution in [0.3, 0.4) is 0 Å². The zero-order valence-electron chi connectivity index (χ0n) is 14.2. The summed E-state index contributed by atoms with van der Waals surface area (Å²) in [6.45, 7) is 0.339. The molecule has 0 atom stereocenters. The Morgan fingerprint density at radius 1 is 1.00 bits per heavy atom. The van der Waals surface area contributed by atoms with Gasteiger partial charge in [0.2, 0.25) is 10.0 Å². The Morgan fingerprint density at radius 3 is 2.48 bits per heavy atom. The predicted molar refractivity (Wildman–Crippen MR) is 102 cm³/mol. The Hall–Kier alpha value is -2.61. The highest BCUT2D eigenvalue weighted by Crippen LogP contribution is 2.13. The van der Waals surface area contributed by atoms with Crippen LogP contribution >= 0.6 is 11.6 Å². The third-order valence-corrected chi connectivity index (χ3v) is 5.44. The van der Waals surface area contributed by atoms with Gasteiger partial charge >= 0.3 is 0 Å². The fourth-order valence-electron chi connectivity index (χ4n) is 2.35. The fraction of sp³-hybridized carbons (Fsp3) is 0.105. The van der Waals surface area contributed by atoms with Gasteiger partial charge in [-0.1, -0.05) is 29.8 Å². The van der Waals surface area contributed by atoms with Gasteiger partial charge in [0.25, 0.3) is 5.91 Å². The highest BCUT2D eigenvalue weighted by Gasteiger charge is 2.16. The van der Waals surface area contributed by atoms with Gasteiger partial charge in [-0.05, 0) is 48.0 Å². The highest BCUT2D eigenvalue weighted by atomic mass is 35.5. The molecule has 0 radical (unpaired) electrons. The molecule has 27 heavy (non-hydrogen) atoms. The second-order valence-corrected chi connectivity index (χ2v) is 7.94. The number of nitrogens with one attached hydrogen (secondary N) is 2. The van der Waals surface area contributed by atoms with Crippen molar-refractivity contribution in [2.75, 3.05) is 0 Å². The van der Waals surface area contributed by atoms with E-state index in [1.54, 1.807) is 30.3 Å². The first-order valence-corrected chi connectivity index (χ1v) is 9.95. The minimum atomic E-state index is -3.77. The second-order valence-electron chi connectivity index (χ2n) is 5.74. The molecular formula is C19H17ClN2O4S. The van der Waals surface area contributed by atoms with Gasteiger partial charge in [-0.15, -0.1) is 0 Å². The molecule has 0 saturated carbocycles. The van der Waals surface area contributed by atoms with Crippen molar-refractivity contribution in [3.63, 3.8) is 0 Å². The van der Waals surface area contributed by atoms with Crippen molar-refractivity contribution in [1.29, 1.82) is 0 Å². The lowest BCUT2D eigenvalue weighted by Gasteiger charge is -2.09. The van der Waals surface area contributed by atoms with E-state index < -0.39 is 10.0 Å². The van der Waals surface area contributed by atoms with E-state index in [-0.39, 0.29) is 22.9 Å². The predicted octanol–water partition coefficient (Wildman–Crippen LogP) is 3.34. The molecule has 1 heterocycles. The SMILES string of the molecule is O=C(NCc1ccc(Cl)cc1)c1cccc(S(=O)(=O)NCc2ccco2)c1. The number of rotatable bonds is 7. The molecule has 2 aromatic carbocycles. The van der Waals surface area contributed by atoms with Crippen LogP contribution in [-0.4, -0.2) is 14.3 Å². The van der Waals surface area contributed by atoms with Crippen LogP contribution in [0.4, 0.5) is 0 Å². The molecule has 0 fully saturated rings. The molecule has 140 valence electrons. The number of carbonyl (C=O) groups excluding carboxylic acids is 1. The lowest BCUT2D eigenvalue weighted by Crippen LogP contribution is -2.25. The number of halogens is 1. The van der Waals surface area contributed by atoms with Crippen molar-refractivity contribution < 1.29 is 17.6 Å². The van der Waals surface area contributed by atoms with E-state index in [0.29, 0.717) is 17.3 Å². The maximum Gasteiger partial charge on any atom is 0.251 e. The molecule has 0 bridgehead atoms. The van der Waals surface area contributed by atoms with Crippen molar-refractivity contribution in [2.24, 2.45) is 0 Å². The van der Waals surface area contributed by atoms with Crippen molar-refractivity contribution in [3.05, 3.63) is 88.8 Å². The van der Waals surface area contributed by atoms with E-state index in [4.69, 9.17) is 16.0 Å². The molecule has 3 rings (SSSR count). The Morgan fingerprint density at radius 2 is 1.78 bits per heavy atom. The number of amides is 1. The van der Waals surface area contributed by atoms with Gasteiger partial charge < -0.3 is 9.73 Å². The third kappa shape index (κ3) is 5.19. The molecule has 1 amide bonds. The van der Waals surface area contributed by atoms with Crippen molar-refractivity contribution in [3.8, 4) is 0 Å². The minimum absolute atomic E-state index is 0.00759. The first kappa shape index (κ1) is 19.2. The van der Waals surface area contributed by atoms with Crippen LogP contribution in [0, 0.1) is 0 Å². The molecule has 0 unspecified atom stereocenters. The Labute approximate surface area is 162 Å². The van der Waals surface area contributed by atoms with Gasteiger partial charge in [-0.2, -0.15) is 0 Å². The molecule has 3 aromatic rings. The highest BCUT2D eigenvalue weighted by molar-refractivity contribution is 7.89. The summed E-state index contributed by atoms with van der Waals surface area (Å²) in [6.07, 6.45) is 1.47. The summed E-state index contributed by atoms with van der Waals surface area (Å²) < 4.78 is 32.4. The Bertz CT molecular complexity index is 1020. The monoisotopic (exact) mass is 404 g/mol. The molecule has 0 aliphatic rings. The number of sulfonamides is 1. The number of hydrogen-bond acceptors (Lipinski definition) is 4. The van der Waals surface area contributed by atoms with E-state index >= 15 is 0 Å². The third-order valence-electron chi connectivity index (χ3n) is 3.79. The Kier molecular flexibility index (Phi) is 5.95. The zero-order chi connectivity index (χ0) is 19.3. The summed E-state index contributed by atoms with van der Waals surface area (Å²) >= 11 is 5.83. The fourth-order valence-corrected chi connectivity index (χ4v) is 3.52. The smallest absolute Gasteiger partial charge is 0.251 e. The molecule has 8 heteroatoms. The summed E-state index contributed by atoms with van der Waals surface area (Å²) in [5.41, 5.74) is 1.14. The van der Waals surface area contributed by atoms with Crippen LogP contribution < -0.4 is 10.0 Å². The van der Waals surface area contributed by atoms with E-state index in [0.717, 1.165) is 5.56 Å². The minimum Gasteiger partial charge on any atom is -0.468 e. The number of hydrogen-bond donors (Lipinski definition) is 2. The van der Waals surface area contributed by atoms with Crippen LogP contribution in [-0.2, 0) is 23.1 Å². The number of furan rings is 1. The molecule has 0 spiro atoms. The van der Waals surface area contributed by atoms with Gasteiger partial charge in [0, 0.05) is 17.1 Å². The average Bonchev–Trinajstić information content (AvgIpc) is 3.20. The first-order chi connectivity index (χ1) is 12.9. The average molecular weight is 405 g/mol. The van der Waals surface area contributed by atoms with Gasteiger partial charge in [0.1, 0.15) is 5.76 Å². The van der Waals surface area contributed by atoms with E-state index in [2.05, 4.69) is 10.0 Å². The number of benzene rings is 2. The van der Waals surface area contributed by atoms with Gasteiger partial charge in [0.15, 0.2) is 0 Å². The van der Waals surface area contributed by atoms with Crippen molar-refractivity contribution >= 4 is 27.5 Å². The van der Waals surface area contributed by atoms with Crippen LogP contribution in [0.2, 0.25) is 5.02 Å². The van der Waals surface area contributed by atoms with Crippen LogP contribution in [0.15, 0.2) is 76.2 Å². The summed E-state index contributed by atoms with van der Waals surface area (Å²) in [4.78, 5) is 12.3. The largest absolute Gasteiger partial charge is 0.468 e. The van der Waals surface area contributed by atoms with Crippen LogP contribution in [0.25, 0.3) is 0 Å². The quantitative estimate of drug-likeness (QED) is 0.632. The molecule has 2 N–H and O–H groups in total. The summed E-state index contributed by atoms with van der Waals surface area (Å²) in [5, 5.41) is 3.37. The van der Waals surface area contributed by atoms with E-state index in [1.807, 2.05) is 12.1 Å². The molecule has 0 aliphatic heterocycles. The van der Waals surface area contributed by atoms with Gasteiger partial charge in [0.05, 0.1) is 17.7 Å². The van der Waals surface area contributed by atoms with E-state index in [1.165, 1.54) is 24.5 Å². The van der Waals surface area contributed by atoms with Crippen LogP contribution in [0.5, 0.6) is 0 Å². The van der Waals surface area contributed by atoms with Crippen LogP contribution in [0.1, 0.15) is 21.7 Å². The molecule has 0 aliphatic carbocycles. The molecular weight excluding hydrogens is 388 g/mol. The lowest BCUT2D eigenvalue weighted by molar-refractivity contribution is 0.0950. The lowest BCUT2D eigenvalue weighted by atomic mass is 10.2. The first-order valence-electron chi connectivity index (χ1n) is 8.09. The topological polar surface area (TPSA) is 88.4 Å². The van der Waals surface area contributed by atoms with E-state index in [9.17, 15) is 13.2 Å². The standard InChI is InChI=1S/C19H17ClN2O4S/c20-16-8-6-14(7-9-16)12-21-19(23)15-3-1-5-18(11-15)27(24,25)22-13-17-4-2-10-26-17/h1-11,22H,12-13H2,(H,21,23). The summed E-state index contributed by atoms with van der Waals surface area (Å²) in [7, 11) is -3.77. The molecule has 1 aromatic heterocycles. The molecule has 6 nitrogen and oxygen atoms in total. The van der Waals surface area contributed by atoms with Gasteiger partial charge in [-0.3, -0.25) is 4.79 Å². The van der Waals surface area contributed by atoms with Gasteiger partial charge in [-0.25, -0.2) is 13.1 Å². The normalized spacial score (nSPS) is 11.3. The maximum absolute atomic E-state index is 12.4. The van der Waals surface area contributed by atoms with Crippen molar-refractivity contribution in [1.82, 2.24) is 10.0 Å². The van der Waals surface area contributed by atoms with Crippen molar-refractivity contribution in [2.45, 2.75) is 18.0 Å². The number of carbonyl (C=O) groups is 1.